The highest BCUT2D eigenvalue weighted by Crippen LogP contribution is 2.48. The van der Waals surface area contributed by atoms with Crippen molar-refractivity contribution in [1.82, 2.24) is 5.48 Å². The van der Waals surface area contributed by atoms with Gasteiger partial charge >= 0.3 is 6.18 Å². The third-order valence-corrected chi connectivity index (χ3v) is 5.67. The molecule has 0 saturated heterocycles. The van der Waals surface area contributed by atoms with Gasteiger partial charge in [-0.2, -0.15) is 13.2 Å². The average molecular weight is 489 g/mol. The quantitative estimate of drug-likeness (QED) is 0.410. The van der Waals surface area contributed by atoms with Gasteiger partial charge in [0.15, 0.2) is 0 Å². The van der Waals surface area contributed by atoms with Crippen molar-refractivity contribution in [2.24, 2.45) is 0 Å². The number of hydrogen-bond donors (Lipinski definition) is 1. The number of nitrogens with one attached hydrogen (secondary N) is 1. The molecule has 0 fully saturated rings. The van der Waals surface area contributed by atoms with Gasteiger partial charge in [0, 0.05) is 25.6 Å². The smallest absolute Gasteiger partial charge is 0.265 e. The van der Waals surface area contributed by atoms with E-state index in [1.807, 2.05) is 24.3 Å². The molecule has 4 rings (SSSR count). The lowest BCUT2D eigenvalue weighted by molar-refractivity contribution is -0.269. The molecule has 3 aromatic carbocycles. The summed E-state index contributed by atoms with van der Waals surface area (Å²) in [6, 6.07) is 14.7. The Bertz CT molecular complexity index is 1100. The van der Waals surface area contributed by atoms with Crippen molar-refractivity contribution in [3.05, 3.63) is 86.3 Å². The Balaban J connectivity index is 1.93. The van der Waals surface area contributed by atoms with Gasteiger partial charge < -0.3 is 0 Å². The Hall–Kier alpha value is -1.73. The molecule has 1 unspecified atom stereocenters. The molecule has 0 amide bonds. The Kier molecular flexibility index (Phi) is 4.86. The third-order valence-electron chi connectivity index (χ3n) is 4.54. The summed E-state index contributed by atoms with van der Waals surface area (Å²) >= 11 is 15.3. The number of rotatable bonds is 2. The predicted octanol–water partition coefficient (Wildman–Crippen LogP) is 7.24. The topological polar surface area (TPSA) is 21.3 Å². The second kappa shape index (κ2) is 6.95. The first-order valence-corrected chi connectivity index (χ1v) is 9.64. The molecule has 28 heavy (non-hydrogen) atoms. The molecule has 1 atom stereocenters. The van der Waals surface area contributed by atoms with E-state index in [0.29, 0.717) is 5.56 Å². The van der Waals surface area contributed by atoms with Crippen molar-refractivity contribution in [2.75, 3.05) is 0 Å². The number of halogens is 6. The minimum atomic E-state index is -4.75. The Morgan fingerprint density at radius 1 is 0.929 bits per heavy atom. The maximum Gasteiger partial charge on any atom is 0.428 e. The van der Waals surface area contributed by atoms with Gasteiger partial charge in [0.25, 0.3) is 0 Å². The van der Waals surface area contributed by atoms with Crippen molar-refractivity contribution >= 4 is 55.6 Å². The van der Waals surface area contributed by atoms with E-state index in [9.17, 15) is 13.2 Å². The number of hydroxylamine groups is 1. The highest BCUT2D eigenvalue weighted by atomic mass is 79.9. The lowest BCUT2D eigenvalue weighted by Crippen LogP contribution is -2.42. The van der Waals surface area contributed by atoms with Crippen LogP contribution in [0.15, 0.2) is 65.1 Å². The minimum Gasteiger partial charge on any atom is -0.265 e. The zero-order valence-electron chi connectivity index (χ0n) is 13.9. The molecule has 2 nitrogen and oxygen atoms in total. The Morgan fingerprint density at radius 3 is 2.21 bits per heavy atom. The molecule has 8 heteroatoms. The second-order valence-electron chi connectivity index (χ2n) is 6.29. The van der Waals surface area contributed by atoms with Crippen LogP contribution in [0.3, 0.4) is 0 Å². The van der Waals surface area contributed by atoms with Crippen LogP contribution in [0.1, 0.15) is 11.1 Å². The summed E-state index contributed by atoms with van der Waals surface area (Å²) in [5, 5.41) is 1.83. The standard InChI is InChI=1S/C20H11BrCl2F3NO/c21-17-6-5-16(14-3-1-2-4-15(14)17)18-10-19(28-27-18,20(24,25)26)11-7-12(22)9-13(23)8-11/h1-10,27H. The molecule has 1 N–H and O–H groups in total. The fourth-order valence-electron chi connectivity index (χ4n) is 3.24. The van der Waals surface area contributed by atoms with Crippen LogP contribution in [0.2, 0.25) is 10.0 Å². The van der Waals surface area contributed by atoms with Gasteiger partial charge in [-0.25, -0.2) is 0 Å². The summed E-state index contributed by atoms with van der Waals surface area (Å²) in [7, 11) is 0. The van der Waals surface area contributed by atoms with Crippen LogP contribution in [-0.2, 0) is 10.4 Å². The molecule has 0 bridgehead atoms. The van der Waals surface area contributed by atoms with E-state index in [1.165, 1.54) is 18.2 Å². The molecule has 0 radical (unpaired) electrons. The lowest BCUT2D eigenvalue weighted by atomic mass is 9.91. The van der Waals surface area contributed by atoms with Crippen LogP contribution >= 0.6 is 39.1 Å². The average Bonchev–Trinajstić information content (AvgIpc) is 3.08. The maximum absolute atomic E-state index is 14.1. The van der Waals surface area contributed by atoms with Crippen LogP contribution in [-0.4, -0.2) is 6.18 Å². The normalized spacial score (nSPS) is 19.6. The highest BCUT2D eigenvalue weighted by Gasteiger charge is 2.59. The molecular formula is C20H11BrCl2F3NO. The fourth-order valence-corrected chi connectivity index (χ4v) is 4.25. The summed E-state index contributed by atoms with van der Waals surface area (Å²) < 4.78 is 43.2. The van der Waals surface area contributed by atoms with Gasteiger partial charge in [-0.05, 0) is 41.1 Å². The predicted molar refractivity (Wildman–Crippen MR) is 108 cm³/mol. The molecular weight excluding hydrogens is 478 g/mol. The molecule has 1 heterocycles. The summed E-state index contributed by atoms with van der Waals surface area (Å²) in [5.74, 6) is 0. The molecule has 1 aliphatic heterocycles. The van der Waals surface area contributed by atoms with E-state index in [-0.39, 0.29) is 21.3 Å². The highest BCUT2D eigenvalue weighted by molar-refractivity contribution is 9.10. The second-order valence-corrected chi connectivity index (χ2v) is 8.02. The van der Waals surface area contributed by atoms with Crippen LogP contribution < -0.4 is 5.48 Å². The SMILES string of the molecule is FC(F)(F)C1(c2cc(Cl)cc(Cl)c2)C=C(c2ccc(Br)c3ccccc23)NO1. The van der Waals surface area contributed by atoms with Gasteiger partial charge in [-0.15, -0.1) is 0 Å². The van der Waals surface area contributed by atoms with Crippen molar-refractivity contribution in [3.8, 4) is 0 Å². The van der Waals surface area contributed by atoms with Gasteiger partial charge in [-0.3, -0.25) is 10.3 Å². The molecule has 0 saturated carbocycles. The summed E-state index contributed by atoms with van der Waals surface area (Å²) in [4.78, 5) is 5.15. The molecule has 3 aromatic rings. The summed E-state index contributed by atoms with van der Waals surface area (Å²) in [5.41, 5.74) is 0.322. The van der Waals surface area contributed by atoms with Gasteiger partial charge in [0.2, 0.25) is 5.60 Å². The van der Waals surface area contributed by atoms with E-state index >= 15 is 0 Å². The molecule has 0 aromatic heterocycles. The van der Waals surface area contributed by atoms with E-state index < -0.39 is 11.8 Å². The molecule has 144 valence electrons. The first-order chi connectivity index (χ1) is 13.2. The first kappa shape index (κ1) is 19.6. The summed E-state index contributed by atoms with van der Waals surface area (Å²) in [6.45, 7) is 0. The fraction of sp³-hybridized carbons (Fsp3) is 0.100. The van der Waals surface area contributed by atoms with Gasteiger partial charge in [-0.1, -0.05) is 69.5 Å². The summed E-state index contributed by atoms with van der Waals surface area (Å²) in [6.07, 6.45) is -3.73. The van der Waals surface area contributed by atoms with Crippen molar-refractivity contribution in [2.45, 2.75) is 11.8 Å². The molecule has 0 aliphatic carbocycles. The molecule has 1 aliphatic rings. The van der Waals surface area contributed by atoms with E-state index in [4.69, 9.17) is 28.0 Å². The van der Waals surface area contributed by atoms with Crippen LogP contribution in [0.25, 0.3) is 16.5 Å². The number of fused-ring (bicyclic) bond motifs is 1. The van der Waals surface area contributed by atoms with Crippen LogP contribution in [0.4, 0.5) is 13.2 Å². The van der Waals surface area contributed by atoms with Crippen molar-refractivity contribution in [1.29, 1.82) is 0 Å². The Morgan fingerprint density at radius 2 is 1.57 bits per heavy atom. The number of benzene rings is 3. The van der Waals surface area contributed by atoms with Gasteiger partial charge in [0.1, 0.15) is 0 Å². The zero-order chi connectivity index (χ0) is 20.1. The minimum absolute atomic E-state index is 0.0886. The van der Waals surface area contributed by atoms with Crippen molar-refractivity contribution < 1.29 is 18.0 Å². The van der Waals surface area contributed by atoms with E-state index in [1.54, 1.807) is 12.1 Å². The molecule has 0 spiro atoms. The Labute approximate surface area is 177 Å². The maximum atomic E-state index is 14.1. The van der Waals surface area contributed by atoms with E-state index in [2.05, 4.69) is 21.4 Å². The van der Waals surface area contributed by atoms with Crippen molar-refractivity contribution in [3.63, 3.8) is 0 Å². The van der Waals surface area contributed by atoms with Crippen LogP contribution in [0.5, 0.6) is 0 Å². The van der Waals surface area contributed by atoms with Crippen LogP contribution in [0, 0.1) is 0 Å². The monoisotopic (exact) mass is 487 g/mol. The largest absolute Gasteiger partial charge is 0.428 e. The third kappa shape index (κ3) is 3.18. The number of alkyl halides is 3. The first-order valence-electron chi connectivity index (χ1n) is 8.09. The van der Waals surface area contributed by atoms with Gasteiger partial charge in [0.05, 0.1) is 5.70 Å². The zero-order valence-corrected chi connectivity index (χ0v) is 17.0. The number of hydrogen-bond acceptors (Lipinski definition) is 2. The lowest BCUT2D eigenvalue weighted by Gasteiger charge is -2.28. The van der Waals surface area contributed by atoms with E-state index in [0.717, 1.165) is 21.3 Å².